The van der Waals surface area contributed by atoms with Crippen molar-refractivity contribution in [2.75, 3.05) is 12.3 Å². The molecule has 2 aromatic rings. The summed E-state index contributed by atoms with van der Waals surface area (Å²) in [5.74, 6) is 0.673. The van der Waals surface area contributed by atoms with Crippen molar-refractivity contribution >= 4 is 11.4 Å². The molecule has 0 aromatic heterocycles. The van der Waals surface area contributed by atoms with Gasteiger partial charge in [-0.05, 0) is 73.1 Å². The molecular formula is C21H28N2. The topological polar surface area (TPSA) is 38.4 Å². The fourth-order valence-electron chi connectivity index (χ4n) is 2.68. The predicted octanol–water partition coefficient (Wildman–Crippen LogP) is 4.83. The molecule has 0 aliphatic heterocycles. The van der Waals surface area contributed by atoms with E-state index in [2.05, 4.69) is 58.0 Å². The van der Waals surface area contributed by atoms with E-state index in [9.17, 15) is 0 Å². The number of aliphatic imine (C=N–C) groups is 1. The third kappa shape index (κ3) is 5.24. The van der Waals surface area contributed by atoms with E-state index in [-0.39, 0.29) is 0 Å². The summed E-state index contributed by atoms with van der Waals surface area (Å²) in [4.78, 5) is 4.75. The Labute approximate surface area is 140 Å². The van der Waals surface area contributed by atoms with Crippen molar-refractivity contribution in [1.82, 2.24) is 0 Å². The molecule has 2 rings (SSSR count). The van der Waals surface area contributed by atoms with E-state index in [0.717, 1.165) is 30.8 Å². The number of nitrogens with two attached hydrogens (primary N) is 1. The molecule has 0 heterocycles. The Morgan fingerprint density at radius 1 is 1.09 bits per heavy atom. The minimum atomic E-state index is 0.673. The third-order valence-electron chi connectivity index (χ3n) is 4.12. The second kappa shape index (κ2) is 7.96. The molecule has 0 radical (unpaired) electrons. The normalized spacial score (nSPS) is 12.0. The van der Waals surface area contributed by atoms with E-state index in [1.165, 1.54) is 22.3 Å². The van der Waals surface area contributed by atoms with Crippen LogP contribution >= 0.6 is 0 Å². The zero-order valence-electron chi connectivity index (χ0n) is 14.8. The smallest absolute Gasteiger partial charge is 0.0433 e. The van der Waals surface area contributed by atoms with Crippen molar-refractivity contribution in [2.24, 2.45) is 10.9 Å². The highest BCUT2D eigenvalue weighted by Gasteiger charge is 2.05. The van der Waals surface area contributed by atoms with Gasteiger partial charge in [0.25, 0.3) is 0 Å². The van der Waals surface area contributed by atoms with Gasteiger partial charge in [-0.25, -0.2) is 0 Å². The number of hydrogen-bond donors (Lipinski definition) is 1. The van der Waals surface area contributed by atoms with Crippen molar-refractivity contribution in [1.29, 1.82) is 0 Å². The van der Waals surface area contributed by atoms with Crippen LogP contribution in [0, 0.1) is 12.8 Å². The van der Waals surface area contributed by atoms with E-state index in [1.54, 1.807) is 0 Å². The quantitative estimate of drug-likeness (QED) is 0.602. The standard InChI is InChI=1S/C21H28N2/c1-15(2)13-20-14-19(8-5-16(20)3)17(4)23-12-11-18-6-9-21(22)10-7-18/h5-10,14-15H,11-13,22H2,1-4H3. The van der Waals surface area contributed by atoms with Crippen LogP contribution in [0.25, 0.3) is 0 Å². The average Bonchev–Trinajstić information content (AvgIpc) is 2.51. The maximum absolute atomic E-state index is 5.71. The number of rotatable bonds is 6. The van der Waals surface area contributed by atoms with Gasteiger partial charge in [0.1, 0.15) is 0 Å². The molecule has 0 aliphatic rings. The fourth-order valence-corrected chi connectivity index (χ4v) is 2.68. The highest BCUT2D eigenvalue weighted by molar-refractivity contribution is 5.98. The molecule has 0 unspecified atom stereocenters. The van der Waals surface area contributed by atoms with Crippen molar-refractivity contribution in [2.45, 2.75) is 40.5 Å². The van der Waals surface area contributed by atoms with Gasteiger partial charge in [0.15, 0.2) is 0 Å². The van der Waals surface area contributed by atoms with Crippen molar-refractivity contribution in [3.05, 3.63) is 64.7 Å². The number of nitrogens with zero attached hydrogens (tertiary/aromatic N) is 1. The molecule has 122 valence electrons. The van der Waals surface area contributed by atoms with Crippen LogP contribution in [0.3, 0.4) is 0 Å². The third-order valence-corrected chi connectivity index (χ3v) is 4.12. The first-order valence-corrected chi connectivity index (χ1v) is 8.41. The van der Waals surface area contributed by atoms with Crippen molar-refractivity contribution < 1.29 is 0 Å². The van der Waals surface area contributed by atoms with Crippen LogP contribution in [-0.2, 0) is 12.8 Å². The van der Waals surface area contributed by atoms with Gasteiger partial charge in [-0.3, -0.25) is 4.99 Å². The van der Waals surface area contributed by atoms with Crippen LogP contribution in [-0.4, -0.2) is 12.3 Å². The first kappa shape index (κ1) is 17.3. The summed E-state index contributed by atoms with van der Waals surface area (Å²) < 4.78 is 0. The van der Waals surface area contributed by atoms with E-state index in [4.69, 9.17) is 10.7 Å². The zero-order valence-corrected chi connectivity index (χ0v) is 14.8. The van der Waals surface area contributed by atoms with Crippen molar-refractivity contribution in [3.63, 3.8) is 0 Å². The highest BCUT2D eigenvalue weighted by atomic mass is 14.7. The van der Waals surface area contributed by atoms with Gasteiger partial charge in [-0.15, -0.1) is 0 Å². The van der Waals surface area contributed by atoms with Crippen LogP contribution in [0.1, 0.15) is 43.0 Å². The molecule has 0 fully saturated rings. The van der Waals surface area contributed by atoms with Gasteiger partial charge in [-0.2, -0.15) is 0 Å². The Kier molecular flexibility index (Phi) is 5.97. The first-order valence-electron chi connectivity index (χ1n) is 8.41. The highest BCUT2D eigenvalue weighted by Crippen LogP contribution is 2.16. The van der Waals surface area contributed by atoms with Crippen LogP contribution < -0.4 is 5.73 Å². The Balaban J connectivity index is 2.04. The predicted molar refractivity (Wildman–Crippen MR) is 101 cm³/mol. The number of hydrogen-bond acceptors (Lipinski definition) is 2. The summed E-state index contributed by atoms with van der Waals surface area (Å²) in [6.45, 7) is 9.63. The zero-order chi connectivity index (χ0) is 16.8. The second-order valence-electron chi connectivity index (χ2n) is 6.70. The van der Waals surface area contributed by atoms with E-state index in [0.29, 0.717) is 5.92 Å². The summed E-state index contributed by atoms with van der Waals surface area (Å²) in [7, 11) is 0. The molecule has 2 heteroatoms. The number of aryl methyl sites for hydroxylation is 1. The summed E-state index contributed by atoms with van der Waals surface area (Å²) in [5, 5.41) is 0. The maximum Gasteiger partial charge on any atom is 0.0433 e. The van der Waals surface area contributed by atoms with Gasteiger partial charge < -0.3 is 5.73 Å². The van der Waals surface area contributed by atoms with E-state index < -0.39 is 0 Å². The number of anilines is 1. The second-order valence-corrected chi connectivity index (χ2v) is 6.70. The Morgan fingerprint density at radius 2 is 1.78 bits per heavy atom. The molecule has 0 aliphatic carbocycles. The van der Waals surface area contributed by atoms with Gasteiger partial charge >= 0.3 is 0 Å². The molecule has 2 N–H and O–H groups in total. The lowest BCUT2D eigenvalue weighted by molar-refractivity contribution is 0.645. The van der Waals surface area contributed by atoms with Crippen molar-refractivity contribution in [3.8, 4) is 0 Å². The average molecular weight is 308 g/mol. The van der Waals surface area contributed by atoms with Crippen LogP contribution in [0.4, 0.5) is 5.69 Å². The summed E-state index contributed by atoms with van der Waals surface area (Å²) >= 11 is 0. The molecule has 0 spiro atoms. The monoisotopic (exact) mass is 308 g/mol. The summed E-state index contributed by atoms with van der Waals surface area (Å²) in [5.41, 5.74) is 13.0. The molecule has 0 saturated carbocycles. The first-order chi connectivity index (χ1) is 11.0. The molecule has 0 saturated heterocycles. The minimum Gasteiger partial charge on any atom is -0.399 e. The lowest BCUT2D eigenvalue weighted by Crippen LogP contribution is -2.03. The molecular weight excluding hydrogens is 280 g/mol. The van der Waals surface area contributed by atoms with E-state index in [1.807, 2.05) is 12.1 Å². The Morgan fingerprint density at radius 3 is 2.43 bits per heavy atom. The summed E-state index contributed by atoms with van der Waals surface area (Å²) in [6, 6.07) is 14.7. The van der Waals surface area contributed by atoms with Crippen LogP contribution in [0.15, 0.2) is 47.5 Å². The lowest BCUT2D eigenvalue weighted by Gasteiger charge is -2.11. The molecule has 23 heavy (non-hydrogen) atoms. The van der Waals surface area contributed by atoms with Gasteiger partial charge in [0, 0.05) is 17.9 Å². The lowest BCUT2D eigenvalue weighted by atomic mass is 9.95. The largest absolute Gasteiger partial charge is 0.399 e. The van der Waals surface area contributed by atoms with Gasteiger partial charge in [-0.1, -0.05) is 38.1 Å². The molecule has 2 nitrogen and oxygen atoms in total. The molecule has 0 amide bonds. The maximum atomic E-state index is 5.71. The summed E-state index contributed by atoms with van der Waals surface area (Å²) in [6.07, 6.45) is 2.07. The minimum absolute atomic E-state index is 0.673. The van der Waals surface area contributed by atoms with Crippen LogP contribution in [0.2, 0.25) is 0 Å². The molecule has 2 aromatic carbocycles. The van der Waals surface area contributed by atoms with Crippen LogP contribution in [0.5, 0.6) is 0 Å². The Hall–Kier alpha value is -2.09. The van der Waals surface area contributed by atoms with Gasteiger partial charge in [0.05, 0.1) is 0 Å². The van der Waals surface area contributed by atoms with E-state index >= 15 is 0 Å². The molecule has 0 atom stereocenters. The Bertz CT molecular complexity index is 667. The number of benzene rings is 2. The van der Waals surface area contributed by atoms with Gasteiger partial charge in [0.2, 0.25) is 0 Å². The fraction of sp³-hybridized carbons (Fsp3) is 0.381. The SMILES string of the molecule is CC(=NCCc1ccc(N)cc1)c1ccc(C)c(CC(C)C)c1. The molecule has 0 bridgehead atoms. The number of nitrogen functional groups attached to an aromatic ring is 1.